The van der Waals surface area contributed by atoms with Crippen LogP contribution in [0.2, 0.25) is 0 Å². The number of carbonyl (C=O) groups is 1. The van der Waals surface area contributed by atoms with Gasteiger partial charge in [-0.1, -0.05) is 53.2 Å². The zero-order valence-corrected chi connectivity index (χ0v) is 23.0. The van der Waals surface area contributed by atoms with E-state index in [9.17, 15) is 30.3 Å². The highest BCUT2D eigenvalue weighted by Gasteiger charge is 2.72. The van der Waals surface area contributed by atoms with Crippen molar-refractivity contribution >= 4 is 5.97 Å². The van der Waals surface area contributed by atoms with Crippen molar-refractivity contribution in [1.82, 2.24) is 0 Å². The molecule has 13 atom stereocenters. The van der Waals surface area contributed by atoms with Crippen LogP contribution in [0.3, 0.4) is 0 Å². The molecule has 204 valence electrons. The van der Waals surface area contributed by atoms with Gasteiger partial charge in [0.1, 0.15) is 0 Å². The van der Waals surface area contributed by atoms with E-state index in [4.69, 9.17) is 0 Å². The van der Waals surface area contributed by atoms with Crippen molar-refractivity contribution in [2.24, 2.45) is 56.7 Å². The summed E-state index contributed by atoms with van der Waals surface area (Å²) in [5.41, 5.74) is -1.41. The zero-order chi connectivity index (χ0) is 26.6. The second-order valence-corrected chi connectivity index (χ2v) is 14.6. The number of carboxylic acids is 1. The van der Waals surface area contributed by atoms with Gasteiger partial charge in [-0.3, -0.25) is 4.79 Å². The molecule has 5 aliphatic carbocycles. The summed E-state index contributed by atoms with van der Waals surface area (Å²) in [6, 6.07) is 0. The maximum Gasteiger partial charge on any atom is 0.310 e. The first-order valence-electron chi connectivity index (χ1n) is 14.2. The Morgan fingerprint density at radius 1 is 1.00 bits per heavy atom. The van der Waals surface area contributed by atoms with Crippen LogP contribution in [0.25, 0.3) is 0 Å². The quantitative estimate of drug-likeness (QED) is 0.363. The lowest BCUT2D eigenvalue weighted by Crippen LogP contribution is -2.71. The summed E-state index contributed by atoms with van der Waals surface area (Å²) in [7, 11) is 0. The molecule has 0 radical (unpaired) electrons. The van der Waals surface area contributed by atoms with Gasteiger partial charge in [-0.2, -0.15) is 0 Å². The first-order chi connectivity index (χ1) is 16.6. The highest BCUT2D eigenvalue weighted by Crippen LogP contribution is 2.75. The molecule has 0 spiro atoms. The predicted molar refractivity (Wildman–Crippen MR) is 137 cm³/mol. The van der Waals surface area contributed by atoms with Gasteiger partial charge < -0.3 is 25.5 Å². The van der Waals surface area contributed by atoms with E-state index < -0.39 is 40.5 Å². The number of rotatable bonds is 2. The lowest BCUT2D eigenvalue weighted by atomic mass is 9.32. The van der Waals surface area contributed by atoms with Gasteiger partial charge in [0.15, 0.2) is 0 Å². The van der Waals surface area contributed by atoms with Crippen molar-refractivity contribution in [2.45, 2.75) is 105 Å². The molecule has 36 heavy (non-hydrogen) atoms. The van der Waals surface area contributed by atoms with Crippen LogP contribution in [0.5, 0.6) is 0 Å². The lowest BCUT2D eigenvalue weighted by molar-refractivity contribution is -0.273. The fraction of sp³-hybridized carbons (Fsp3) is 0.900. The topological polar surface area (TPSA) is 118 Å². The fourth-order valence-corrected chi connectivity index (χ4v) is 11.2. The maximum atomic E-state index is 12.8. The second-order valence-electron chi connectivity index (χ2n) is 14.6. The Morgan fingerprint density at radius 2 is 1.67 bits per heavy atom. The number of allylic oxidation sites excluding steroid dienone is 2. The molecule has 4 saturated carbocycles. The highest BCUT2D eigenvalue weighted by atomic mass is 16.4. The van der Waals surface area contributed by atoms with Crippen molar-refractivity contribution in [3.8, 4) is 0 Å². The van der Waals surface area contributed by atoms with Gasteiger partial charge in [-0.25, -0.2) is 0 Å². The Hall–Kier alpha value is -0.950. The minimum atomic E-state index is -1.08. The van der Waals surface area contributed by atoms with Crippen LogP contribution in [0.4, 0.5) is 0 Å². The van der Waals surface area contributed by atoms with E-state index in [1.54, 1.807) is 0 Å². The maximum absolute atomic E-state index is 12.8. The number of hydrogen-bond acceptors (Lipinski definition) is 5. The van der Waals surface area contributed by atoms with Crippen LogP contribution in [0.15, 0.2) is 11.6 Å². The first kappa shape index (κ1) is 26.6. The van der Waals surface area contributed by atoms with E-state index in [-0.39, 0.29) is 41.1 Å². The summed E-state index contributed by atoms with van der Waals surface area (Å²) in [6.45, 7) is 12.8. The van der Waals surface area contributed by atoms with Gasteiger partial charge in [0.05, 0.1) is 30.3 Å². The number of aliphatic hydroxyl groups excluding tert-OH is 4. The van der Waals surface area contributed by atoms with Crippen LogP contribution in [0.1, 0.15) is 86.5 Å². The summed E-state index contributed by atoms with van der Waals surface area (Å²) < 4.78 is 0. The summed E-state index contributed by atoms with van der Waals surface area (Å²) in [5.74, 6) is -0.0914. The third-order valence-electron chi connectivity index (χ3n) is 13.4. The molecule has 0 aromatic carbocycles. The Morgan fingerprint density at radius 3 is 2.28 bits per heavy atom. The molecule has 5 aliphatic rings. The number of aliphatic carboxylic acids is 1. The van der Waals surface area contributed by atoms with Crippen LogP contribution in [-0.4, -0.2) is 56.4 Å². The smallest absolute Gasteiger partial charge is 0.310 e. The SMILES string of the molecule is C[C@H]1[C@H]2C3=CC[C@H]4[C@@]5(C)C[C@H](O)[C@H](O)[C@@](C)(CO)[C@@H]5[C@@H](O)C[C@]4(C)[C@]3(C)CC[C@@]2(C(=O)O)CC[C@@H]1C. The Balaban J connectivity index is 1.65. The summed E-state index contributed by atoms with van der Waals surface area (Å²) in [5, 5.41) is 54.7. The van der Waals surface area contributed by atoms with Gasteiger partial charge in [0.2, 0.25) is 0 Å². The third kappa shape index (κ3) is 2.96. The standard InChI is InChI=1S/C30H48O6/c1-16-9-10-30(25(35)36)12-11-28(5)18(22(30)17(16)2)7-8-21-26(3)13-20(33)24(34)27(4,15-31)23(26)19(32)14-29(21,28)6/h7,16-17,19-24,31-34H,8-15H2,1-6H3,(H,35,36)/t16-,17+,19-,20-,21-,22-,23+,24-,26+,27-,28+,29-,30-/m0/s1. The minimum absolute atomic E-state index is 0.000534. The van der Waals surface area contributed by atoms with Gasteiger partial charge in [0.25, 0.3) is 0 Å². The molecule has 4 fully saturated rings. The largest absolute Gasteiger partial charge is 0.481 e. The second kappa shape index (κ2) is 8.03. The molecule has 0 aliphatic heterocycles. The van der Waals surface area contributed by atoms with Gasteiger partial charge >= 0.3 is 5.97 Å². The summed E-state index contributed by atoms with van der Waals surface area (Å²) >= 11 is 0. The molecule has 0 amide bonds. The van der Waals surface area contributed by atoms with E-state index in [1.807, 2.05) is 6.92 Å². The van der Waals surface area contributed by atoms with Gasteiger partial charge in [-0.05, 0) is 84.9 Å². The Labute approximate surface area is 216 Å². The molecule has 0 saturated heterocycles. The minimum Gasteiger partial charge on any atom is -0.481 e. The Kier molecular flexibility index (Phi) is 5.95. The highest BCUT2D eigenvalue weighted by molar-refractivity contribution is 5.76. The molecule has 0 heterocycles. The van der Waals surface area contributed by atoms with Crippen LogP contribution >= 0.6 is 0 Å². The molecule has 6 heteroatoms. The average molecular weight is 505 g/mol. The van der Waals surface area contributed by atoms with Crippen molar-refractivity contribution in [2.75, 3.05) is 6.61 Å². The summed E-state index contributed by atoms with van der Waals surface area (Å²) in [6.07, 6.45) is 4.44. The van der Waals surface area contributed by atoms with E-state index in [1.165, 1.54) is 5.57 Å². The monoisotopic (exact) mass is 504 g/mol. The Bertz CT molecular complexity index is 963. The number of carboxylic acid groups (broad SMARTS) is 1. The first-order valence-corrected chi connectivity index (χ1v) is 14.2. The lowest BCUT2D eigenvalue weighted by Gasteiger charge is -2.72. The molecule has 5 rings (SSSR count). The van der Waals surface area contributed by atoms with Crippen molar-refractivity contribution in [3.05, 3.63) is 11.6 Å². The van der Waals surface area contributed by atoms with Crippen molar-refractivity contribution in [3.63, 3.8) is 0 Å². The van der Waals surface area contributed by atoms with E-state index in [0.29, 0.717) is 25.2 Å². The van der Waals surface area contributed by atoms with Crippen molar-refractivity contribution in [1.29, 1.82) is 0 Å². The molecule has 0 unspecified atom stereocenters. The van der Waals surface area contributed by atoms with Crippen LogP contribution in [-0.2, 0) is 4.79 Å². The fourth-order valence-electron chi connectivity index (χ4n) is 11.2. The number of aliphatic hydroxyl groups is 4. The van der Waals surface area contributed by atoms with E-state index >= 15 is 0 Å². The predicted octanol–water partition coefficient (Wildman–Crippen LogP) is 4.00. The molecular formula is C30H48O6. The molecule has 6 nitrogen and oxygen atoms in total. The van der Waals surface area contributed by atoms with Gasteiger partial charge in [0, 0.05) is 11.3 Å². The van der Waals surface area contributed by atoms with E-state index in [0.717, 1.165) is 25.7 Å². The number of fused-ring (bicyclic) bond motifs is 7. The van der Waals surface area contributed by atoms with Crippen LogP contribution in [0, 0.1) is 56.7 Å². The molecule has 5 N–H and O–H groups in total. The van der Waals surface area contributed by atoms with E-state index in [2.05, 4.69) is 40.7 Å². The number of hydrogen-bond donors (Lipinski definition) is 5. The van der Waals surface area contributed by atoms with Crippen LogP contribution < -0.4 is 0 Å². The average Bonchev–Trinajstić information content (AvgIpc) is 2.80. The third-order valence-corrected chi connectivity index (χ3v) is 13.4. The van der Waals surface area contributed by atoms with Gasteiger partial charge in [-0.15, -0.1) is 0 Å². The van der Waals surface area contributed by atoms with Crippen molar-refractivity contribution < 1.29 is 30.3 Å². The summed E-state index contributed by atoms with van der Waals surface area (Å²) in [4.78, 5) is 12.8. The normalized spacial score (nSPS) is 58.6. The molecule has 0 aromatic rings. The molecule has 0 bridgehead atoms. The molecular weight excluding hydrogens is 456 g/mol. The zero-order valence-electron chi connectivity index (χ0n) is 23.0. The molecule has 0 aromatic heterocycles.